The van der Waals surface area contributed by atoms with Crippen molar-refractivity contribution in [1.82, 2.24) is 4.98 Å². The van der Waals surface area contributed by atoms with Gasteiger partial charge in [-0.2, -0.15) is 0 Å². The summed E-state index contributed by atoms with van der Waals surface area (Å²) in [5, 5.41) is 2.34. The molecule has 2 rings (SSSR count). The third-order valence-corrected chi connectivity index (χ3v) is 3.55. The van der Waals surface area contributed by atoms with E-state index in [1.165, 1.54) is 0 Å². The molecule has 0 aliphatic heterocycles. The monoisotopic (exact) mass is 285 g/mol. The van der Waals surface area contributed by atoms with Gasteiger partial charge in [0.1, 0.15) is 10.9 Å². The van der Waals surface area contributed by atoms with E-state index in [1.807, 2.05) is 25.1 Å². The van der Waals surface area contributed by atoms with Crippen molar-refractivity contribution >= 4 is 38.3 Å². The van der Waals surface area contributed by atoms with E-state index in [2.05, 4.69) is 20.9 Å². The molecule has 0 unspecified atom stereocenters. The van der Waals surface area contributed by atoms with Gasteiger partial charge in [0.25, 0.3) is 0 Å². The number of fused-ring (bicyclic) bond motifs is 1. The molecule has 0 spiro atoms. The zero-order valence-electron chi connectivity index (χ0n) is 8.34. The lowest BCUT2D eigenvalue weighted by molar-refractivity contribution is 0.419. The van der Waals surface area contributed by atoms with Crippen LogP contribution >= 0.6 is 27.5 Å². The number of pyridine rings is 1. The summed E-state index contributed by atoms with van der Waals surface area (Å²) < 4.78 is 6.22. The van der Waals surface area contributed by atoms with Gasteiger partial charge in [-0.05, 0) is 28.9 Å². The molecule has 0 atom stereocenters. The van der Waals surface area contributed by atoms with E-state index in [4.69, 9.17) is 16.3 Å². The van der Waals surface area contributed by atoms with E-state index < -0.39 is 0 Å². The van der Waals surface area contributed by atoms with E-state index in [-0.39, 0.29) is 0 Å². The molecular weight excluding hydrogens is 277 g/mol. The lowest BCUT2D eigenvalue weighted by atomic mass is 10.1. The number of nitrogens with zero attached hydrogens (tertiary/aromatic N) is 1. The molecule has 1 heterocycles. The minimum atomic E-state index is 0.475. The molecule has 4 heteroatoms. The van der Waals surface area contributed by atoms with Crippen LogP contribution < -0.4 is 4.74 Å². The van der Waals surface area contributed by atoms with Crippen LogP contribution in [0.25, 0.3) is 10.8 Å². The van der Waals surface area contributed by atoms with Crippen molar-refractivity contribution in [3.63, 3.8) is 0 Å². The highest BCUT2D eigenvalue weighted by Gasteiger charge is 2.11. The topological polar surface area (TPSA) is 22.1 Å². The van der Waals surface area contributed by atoms with Gasteiger partial charge in [-0.3, -0.25) is 0 Å². The van der Waals surface area contributed by atoms with Crippen LogP contribution in [0.2, 0.25) is 5.15 Å². The van der Waals surface area contributed by atoms with Gasteiger partial charge in [-0.15, -0.1) is 0 Å². The molecule has 0 N–H and O–H groups in total. The van der Waals surface area contributed by atoms with Crippen molar-refractivity contribution in [1.29, 1.82) is 0 Å². The number of methoxy groups -OCH3 is 1. The molecule has 15 heavy (non-hydrogen) atoms. The Morgan fingerprint density at radius 3 is 2.80 bits per heavy atom. The Bertz CT molecular complexity index is 527. The van der Waals surface area contributed by atoms with Gasteiger partial charge in [0.05, 0.1) is 18.2 Å². The third kappa shape index (κ3) is 1.70. The second kappa shape index (κ2) is 3.99. The summed E-state index contributed by atoms with van der Waals surface area (Å²) in [6, 6.07) is 5.79. The molecule has 1 aromatic heterocycles. The predicted molar refractivity (Wildman–Crippen MR) is 65.7 cm³/mol. The normalized spacial score (nSPS) is 10.7. The molecule has 0 aliphatic rings. The van der Waals surface area contributed by atoms with Crippen molar-refractivity contribution in [2.24, 2.45) is 0 Å². The first-order valence-corrected chi connectivity index (χ1v) is 5.60. The van der Waals surface area contributed by atoms with Crippen LogP contribution in [0.15, 0.2) is 22.7 Å². The van der Waals surface area contributed by atoms with Crippen LogP contribution in [0, 0.1) is 6.92 Å². The summed E-state index contributed by atoms with van der Waals surface area (Å²) in [6.45, 7) is 1.91. The Balaban J connectivity index is 2.95. The van der Waals surface area contributed by atoms with Gasteiger partial charge in [-0.25, -0.2) is 4.98 Å². The summed E-state index contributed by atoms with van der Waals surface area (Å²) in [5.74, 6) is 0.741. The summed E-state index contributed by atoms with van der Waals surface area (Å²) >= 11 is 9.61. The van der Waals surface area contributed by atoms with Gasteiger partial charge >= 0.3 is 0 Å². The zero-order valence-corrected chi connectivity index (χ0v) is 10.7. The second-order valence-corrected chi connectivity index (χ2v) is 4.34. The Kier molecular flexibility index (Phi) is 2.85. The Morgan fingerprint density at radius 1 is 1.40 bits per heavy atom. The number of rotatable bonds is 1. The average Bonchev–Trinajstić information content (AvgIpc) is 2.25. The molecule has 78 valence electrons. The average molecular weight is 287 g/mol. The van der Waals surface area contributed by atoms with Crippen molar-refractivity contribution in [3.8, 4) is 5.75 Å². The first kappa shape index (κ1) is 10.7. The zero-order chi connectivity index (χ0) is 11.0. The van der Waals surface area contributed by atoms with Crippen LogP contribution in [0.3, 0.4) is 0 Å². The molecule has 0 fully saturated rings. The molecule has 2 nitrogen and oxygen atoms in total. The lowest BCUT2D eigenvalue weighted by Gasteiger charge is -2.09. The number of aromatic nitrogens is 1. The highest BCUT2D eigenvalue weighted by Crippen LogP contribution is 2.36. The van der Waals surface area contributed by atoms with Gasteiger partial charge in [0.15, 0.2) is 0 Å². The molecule has 0 amide bonds. The van der Waals surface area contributed by atoms with Crippen LogP contribution in [-0.4, -0.2) is 12.1 Å². The third-order valence-electron chi connectivity index (χ3n) is 2.27. The van der Waals surface area contributed by atoms with Crippen molar-refractivity contribution in [2.75, 3.05) is 7.11 Å². The van der Waals surface area contributed by atoms with E-state index >= 15 is 0 Å². The summed E-state index contributed by atoms with van der Waals surface area (Å²) in [5.41, 5.74) is 0.876. The number of hydrogen-bond donors (Lipinski definition) is 0. The van der Waals surface area contributed by atoms with Crippen LogP contribution in [0.5, 0.6) is 5.75 Å². The van der Waals surface area contributed by atoms with Crippen molar-refractivity contribution < 1.29 is 4.74 Å². The van der Waals surface area contributed by atoms with Crippen molar-refractivity contribution in [3.05, 3.63) is 33.5 Å². The quantitative estimate of drug-likeness (QED) is 0.740. The Hall–Kier alpha value is -0.800. The fourth-order valence-electron chi connectivity index (χ4n) is 1.54. The minimum Gasteiger partial charge on any atom is -0.496 e. The molecule has 0 aliphatic carbocycles. The fourth-order valence-corrected chi connectivity index (χ4v) is 2.28. The maximum absolute atomic E-state index is 6.11. The van der Waals surface area contributed by atoms with Gasteiger partial charge < -0.3 is 4.74 Å². The van der Waals surface area contributed by atoms with Gasteiger partial charge in [-0.1, -0.05) is 23.7 Å². The molecule has 0 bridgehead atoms. The van der Waals surface area contributed by atoms with Crippen LogP contribution in [0.1, 0.15) is 5.69 Å². The molecular formula is C11H9BrClNO. The van der Waals surface area contributed by atoms with E-state index in [0.717, 1.165) is 26.7 Å². The summed E-state index contributed by atoms with van der Waals surface area (Å²) in [7, 11) is 1.62. The number of halogens is 2. The standard InChI is InChI=1S/C11H9BrClNO/c1-6-10(12)7-4-3-5-8(15-2)9(7)11(13)14-6/h3-5H,1-2H3. The number of ether oxygens (including phenoxy) is 1. The molecule has 0 saturated heterocycles. The molecule has 0 radical (unpaired) electrons. The second-order valence-electron chi connectivity index (χ2n) is 3.18. The van der Waals surface area contributed by atoms with Crippen molar-refractivity contribution in [2.45, 2.75) is 6.92 Å². The molecule has 1 aromatic carbocycles. The maximum atomic E-state index is 6.11. The number of hydrogen-bond acceptors (Lipinski definition) is 2. The first-order chi connectivity index (χ1) is 7.15. The predicted octanol–water partition coefficient (Wildman–Crippen LogP) is 3.97. The van der Waals surface area contributed by atoms with Gasteiger partial charge in [0.2, 0.25) is 0 Å². The van der Waals surface area contributed by atoms with Crippen LogP contribution in [0.4, 0.5) is 0 Å². The highest BCUT2D eigenvalue weighted by molar-refractivity contribution is 9.10. The Morgan fingerprint density at radius 2 is 2.13 bits per heavy atom. The molecule has 2 aromatic rings. The van der Waals surface area contributed by atoms with E-state index in [9.17, 15) is 0 Å². The van der Waals surface area contributed by atoms with E-state index in [0.29, 0.717) is 5.15 Å². The summed E-state index contributed by atoms with van der Waals surface area (Å²) in [6.07, 6.45) is 0. The summed E-state index contributed by atoms with van der Waals surface area (Å²) in [4.78, 5) is 4.25. The first-order valence-electron chi connectivity index (χ1n) is 4.43. The largest absolute Gasteiger partial charge is 0.496 e. The maximum Gasteiger partial charge on any atom is 0.140 e. The minimum absolute atomic E-state index is 0.475. The van der Waals surface area contributed by atoms with E-state index in [1.54, 1.807) is 7.11 Å². The highest BCUT2D eigenvalue weighted by atomic mass is 79.9. The number of aryl methyl sites for hydroxylation is 1. The Labute approximate surface area is 101 Å². The molecule has 0 saturated carbocycles. The number of benzene rings is 1. The lowest BCUT2D eigenvalue weighted by Crippen LogP contribution is -1.91. The van der Waals surface area contributed by atoms with Gasteiger partial charge in [0, 0.05) is 9.86 Å². The van der Waals surface area contributed by atoms with Crippen LogP contribution in [-0.2, 0) is 0 Å². The fraction of sp³-hybridized carbons (Fsp3) is 0.182. The smallest absolute Gasteiger partial charge is 0.140 e. The SMILES string of the molecule is COc1cccc2c(Br)c(C)nc(Cl)c12.